The minimum absolute atomic E-state index is 0.00537. The molecule has 138 valence electrons. The van der Waals surface area contributed by atoms with Crippen LogP contribution >= 0.6 is 11.6 Å². The maximum atomic E-state index is 14.2. The second-order valence-electron chi connectivity index (χ2n) is 7.25. The van der Waals surface area contributed by atoms with Gasteiger partial charge < -0.3 is 14.9 Å². The molecule has 2 saturated heterocycles. The van der Waals surface area contributed by atoms with Gasteiger partial charge >= 0.3 is 0 Å². The van der Waals surface area contributed by atoms with Crippen LogP contribution in [0.15, 0.2) is 30.9 Å². The molecule has 0 saturated carbocycles. The summed E-state index contributed by atoms with van der Waals surface area (Å²) in [7, 11) is 0. The Morgan fingerprint density at radius 2 is 1.96 bits per heavy atom. The van der Waals surface area contributed by atoms with E-state index in [0.717, 1.165) is 31.6 Å². The van der Waals surface area contributed by atoms with Crippen molar-refractivity contribution in [3.05, 3.63) is 41.7 Å². The van der Waals surface area contributed by atoms with Gasteiger partial charge in [-0.1, -0.05) is 11.6 Å². The SMILES string of the molecule is OC1CN(c2cnccn2)CC2(CCN(c3ncc(Cl)cc3F)CC2)C1. The number of aliphatic hydroxyl groups excluding tert-OH is 1. The van der Waals surface area contributed by atoms with Gasteiger partial charge in [0.15, 0.2) is 11.6 Å². The third-order valence-corrected chi connectivity index (χ3v) is 5.62. The smallest absolute Gasteiger partial charge is 0.167 e. The first-order valence-electron chi connectivity index (χ1n) is 8.80. The van der Waals surface area contributed by atoms with Crippen molar-refractivity contribution in [2.45, 2.75) is 25.4 Å². The average Bonchev–Trinajstić information content (AvgIpc) is 2.63. The number of halogens is 2. The van der Waals surface area contributed by atoms with Gasteiger partial charge in [0, 0.05) is 44.8 Å². The Bertz CT molecular complexity index is 769. The minimum atomic E-state index is -0.400. The Morgan fingerprint density at radius 1 is 1.15 bits per heavy atom. The third kappa shape index (κ3) is 3.46. The summed E-state index contributed by atoms with van der Waals surface area (Å²) in [5, 5.41) is 10.7. The van der Waals surface area contributed by atoms with Gasteiger partial charge in [-0.15, -0.1) is 0 Å². The number of nitrogens with zero attached hydrogens (tertiary/aromatic N) is 5. The normalized spacial score (nSPS) is 22.7. The van der Waals surface area contributed by atoms with Crippen LogP contribution in [0.5, 0.6) is 0 Å². The maximum absolute atomic E-state index is 14.2. The van der Waals surface area contributed by atoms with Crippen LogP contribution in [-0.4, -0.2) is 52.3 Å². The summed E-state index contributed by atoms with van der Waals surface area (Å²) in [5.41, 5.74) is -0.00537. The van der Waals surface area contributed by atoms with Crippen molar-refractivity contribution in [2.24, 2.45) is 5.41 Å². The molecule has 1 unspecified atom stereocenters. The van der Waals surface area contributed by atoms with E-state index >= 15 is 0 Å². The van der Waals surface area contributed by atoms with Gasteiger partial charge in [-0.25, -0.2) is 14.4 Å². The van der Waals surface area contributed by atoms with Gasteiger partial charge in [0.05, 0.1) is 17.3 Å². The highest BCUT2D eigenvalue weighted by Gasteiger charge is 2.42. The zero-order valence-electron chi connectivity index (χ0n) is 14.4. The lowest BCUT2D eigenvalue weighted by Gasteiger charge is -2.49. The summed E-state index contributed by atoms with van der Waals surface area (Å²) >= 11 is 5.80. The van der Waals surface area contributed by atoms with Crippen molar-refractivity contribution in [3.63, 3.8) is 0 Å². The Morgan fingerprint density at radius 3 is 2.65 bits per heavy atom. The fourth-order valence-corrected chi connectivity index (χ4v) is 4.32. The van der Waals surface area contributed by atoms with Crippen LogP contribution in [0, 0.1) is 11.2 Å². The first-order valence-corrected chi connectivity index (χ1v) is 9.18. The molecule has 0 amide bonds. The highest BCUT2D eigenvalue weighted by atomic mass is 35.5. The molecule has 0 radical (unpaired) electrons. The summed E-state index contributed by atoms with van der Waals surface area (Å²) in [4.78, 5) is 16.7. The van der Waals surface area contributed by atoms with Gasteiger partial charge in [0.1, 0.15) is 5.82 Å². The summed E-state index contributed by atoms with van der Waals surface area (Å²) in [5.74, 6) is 0.753. The van der Waals surface area contributed by atoms with Crippen LogP contribution in [0.4, 0.5) is 16.0 Å². The van der Waals surface area contributed by atoms with E-state index in [1.54, 1.807) is 18.6 Å². The van der Waals surface area contributed by atoms with Crippen molar-refractivity contribution in [2.75, 3.05) is 36.0 Å². The van der Waals surface area contributed by atoms with E-state index in [2.05, 4.69) is 19.9 Å². The number of β-amino-alcohol motifs (C(OH)–C–C–N with tert-alkyl or cyclic N) is 1. The molecule has 0 aliphatic carbocycles. The average molecular weight is 378 g/mol. The molecule has 26 heavy (non-hydrogen) atoms. The molecule has 2 fully saturated rings. The van der Waals surface area contributed by atoms with E-state index < -0.39 is 11.9 Å². The van der Waals surface area contributed by atoms with Crippen molar-refractivity contribution in [1.82, 2.24) is 15.0 Å². The fourth-order valence-electron chi connectivity index (χ4n) is 4.18. The molecule has 2 aromatic heterocycles. The molecule has 6 nitrogen and oxygen atoms in total. The van der Waals surface area contributed by atoms with Crippen LogP contribution in [0.2, 0.25) is 5.02 Å². The quantitative estimate of drug-likeness (QED) is 0.867. The molecule has 2 aliphatic rings. The van der Waals surface area contributed by atoms with Gasteiger partial charge in [0.25, 0.3) is 0 Å². The number of aliphatic hydroxyl groups is 1. The molecule has 0 bridgehead atoms. The standard InChI is InChI=1S/C18H21ClFN5O/c19-13-7-15(20)17(23-9-13)24-5-1-18(2-6-24)8-14(26)11-25(12-18)16-10-21-3-4-22-16/h3-4,7,9-10,14,26H,1-2,5-6,8,11-12H2. The van der Waals surface area contributed by atoms with Crippen molar-refractivity contribution in [1.29, 1.82) is 0 Å². The lowest BCUT2D eigenvalue weighted by molar-refractivity contribution is 0.0593. The molecule has 8 heteroatoms. The number of hydrogen-bond donors (Lipinski definition) is 1. The minimum Gasteiger partial charge on any atom is -0.391 e. The summed E-state index contributed by atoms with van der Waals surface area (Å²) < 4.78 is 14.2. The molecule has 2 aromatic rings. The Hall–Kier alpha value is -1.99. The molecule has 0 aromatic carbocycles. The number of pyridine rings is 1. The first kappa shape index (κ1) is 17.4. The number of rotatable bonds is 2. The zero-order valence-corrected chi connectivity index (χ0v) is 15.1. The van der Waals surface area contributed by atoms with Crippen molar-refractivity contribution in [3.8, 4) is 0 Å². The molecule has 2 aliphatic heterocycles. The molecule has 4 rings (SSSR count). The highest BCUT2D eigenvalue weighted by Crippen LogP contribution is 2.41. The van der Waals surface area contributed by atoms with E-state index in [4.69, 9.17) is 11.6 Å². The predicted octanol–water partition coefficient (Wildman–Crippen LogP) is 2.52. The van der Waals surface area contributed by atoms with Crippen LogP contribution in [0.3, 0.4) is 0 Å². The number of piperidine rings is 2. The third-order valence-electron chi connectivity index (χ3n) is 5.41. The zero-order chi connectivity index (χ0) is 18.1. The van der Waals surface area contributed by atoms with Crippen LogP contribution < -0.4 is 9.80 Å². The summed E-state index contributed by atoms with van der Waals surface area (Å²) in [6.07, 6.45) is 8.61. The van der Waals surface area contributed by atoms with Crippen LogP contribution in [0.1, 0.15) is 19.3 Å². The van der Waals surface area contributed by atoms with Crippen LogP contribution in [-0.2, 0) is 0 Å². The van der Waals surface area contributed by atoms with E-state index in [0.29, 0.717) is 30.5 Å². The van der Waals surface area contributed by atoms with E-state index in [9.17, 15) is 9.50 Å². The Labute approximate surface area is 156 Å². The number of aromatic nitrogens is 3. The number of hydrogen-bond acceptors (Lipinski definition) is 6. The molecular weight excluding hydrogens is 357 g/mol. The van der Waals surface area contributed by atoms with Gasteiger partial charge in [-0.3, -0.25) is 4.98 Å². The molecule has 1 N–H and O–H groups in total. The van der Waals surface area contributed by atoms with Crippen molar-refractivity contribution >= 4 is 23.2 Å². The lowest BCUT2D eigenvalue weighted by atomic mass is 9.71. The maximum Gasteiger partial charge on any atom is 0.167 e. The van der Waals surface area contributed by atoms with E-state index in [1.807, 2.05) is 4.90 Å². The summed E-state index contributed by atoms with van der Waals surface area (Å²) in [6, 6.07) is 1.30. The van der Waals surface area contributed by atoms with Gasteiger partial charge in [-0.05, 0) is 30.7 Å². The molecule has 1 atom stereocenters. The van der Waals surface area contributed by atoms with E-state index in [1.165, 1.54) is 12.3 Å². The molecule has 1 spiro atoms. The second kappa shape index (κ2) is 6.96. The van der Waals surface area contributed by atoms with Gasteiger partial charge in [-0.2, -0.15) is 0 Å². The highest BCUT2D eigenvalue weighted by molar-refractivity contribution is 6.30. The second-order valence-corrected chi connectivity index (χ2v) is 7.68. The topological polar surface area (TPSA) is 65.4 Å². The first-order chi connectivity index (χ1) is 12.5. The van der Waals surface area contributed by atoms with Gasteiger partial charge in [0.2, 0.25) is 0 Å². The lowest BCUT2D eigenvalue weighted by Crippen LogP contribution is -2.54. The molecule has 4 heterocycles. The summed E-state index contributed by atoms with van der Waals surface area (Å²) in [6.45, 7) is 2.80. The van der Waals surface area contributed by atoms with E-state index in [-0.39, 0.29) is 5.41 Å². The number of anilines is 2. The van der Waals surface area contributed by atoms with Crippen LogP contribution in [0.25, 0.3) is 0 Å². The largest absolute Gasteiger partial charge is 0.391 e. The monoisotopic (exact) mass is 377 g/mol. The molecular formula is C18H21ClFN5O. The Kier molecular flexibility index (Phi) is 4.67. The predicted molar refractivity (Wildman–Crippen MR) is 98.0 cm³/mol. The fraction of sp³-hybridized carbons (Fsp3) is 0.500. The van der Waals surface area contributed by atoms with Crippen molar-refractivity contribution < 1.29 is 9.50 Å². The Balaban J connectivity index is 1.48.